The number of guanidine groups is 1. The number of hydrogen-bond donors (Lipinski definition) is 2. The van der Waals surface area contributed by atoms with Crippen LogP contribution in [0.25, 0.3) is 0 Å². The number of aliphatic imine (C=N–C) groups is 1. The molecule has 0 fully saturated rings. The minimum atomic E-state index is 0.416. The van der Waals surface area contributed by atoms with E-state index in [-0.39, 0.29) is 0 Å². The van der Waals surface area contributed by atoms with Crippen molar-refractivity contribution in [3.05, 3.63) is 22.4 Å². The van der Waals surface area contributed by atoms with E-state index in [0.717, 1.165) is 25.5 Å². The van der Waals surface area contributed by atoms with E-state index >= 15 is 0 Å². The van der Waals surface area contributed by atoms with Crippen LogP contribution < -0.4 is 10.6 Å². The van der Waals surface area contributed by atoms with Crippen molar-refractivity contribution in [3.63, 3.8) is 0 Å². The fourth-order valence-electron chi connectivity index (χ4n) is 1.33. The average molecular weight is 239 g/mol. The van der Waals surface area contributed by atoms with E-state index in [4.69, 9.17) is 0 Å². The van der Waals surface area contributed by atoms with E-state index in [0.29, 0.717) is 6.04 Å². The first kappa shape index (κ1) is 13.0. The zero-order valence-electron chi connectivity index (χ0n) is 10.3. The highest BCUT2D eigenvalue weighted by atomic mass is 32.1. The van der Waals surface area contributed by atoms with Crippen LogP contribution in [0, 0.1) is 0 Å². The summed E-state index contributed by atoms with van der Waals surface area (Å²) in [5.41, 5.74) is 0. The molecule has 16 heavy (non-hydrogen) atoms. The molecule has 0 unspecified atom stereocenters. The van der Waals surface area contributed by atoms with Crippen LogP contribution in [0.2, 0.25) is 0 Å². The fourth-order valence-corrected chi connectivity index (χ4v) is 2.02. The normalized spacial score (nSPS) is 11.9. The molecule has 0 saturated heterocycles. The standard InChI is InChI=1S/C12H21N3S/c1-4-13-12(15-10(2)3)14-8-7-11-6-5-9-16-11/h5-6,9-10H,4,7-8H2,1-3H3,(H2,13,14,15). The van der Waals surface area contributed by atoms with Crippen molar-refractivity contribution in [2.24, 2.45) is 4.99 Å². The monoisotopic (exact) mass is 239 g/mol. The number of hydrogen-bond acceptors (Lipinski definition) is 2. The maximum absolute atomic E-state index is 4.53. The Bertz CT molecular complexity index is 304. The molecule has 0 saturated carbocycles. The quantitative estimate of drug-likeness (QED) is 0.611. The van der Waals surface area contributed by atoms with Gasteiger partial charge < -0.3 is 10.6 Å². The Balaban J connectivity index is 2.38. The second kappa shape index (κ2) is 7.28. The molecule has 0 atom stereocenters. The number of thiophene rings is 1. The van der Waals surface area contributed by atoms with Crippen LogP contribution in [0.4, 0.5) is 0 Å². The zero-order chi connectivity index (χ0) is 11.8. The number of nitrogens with one attached hydrogen (secondary N) is 2. The summed E-state index contributed by atoms with van der Waals surface area (Å²) in [6, 6.07) is 4.66. The number of nitrogens with zero attached hydrogens (tertiary/aromatic N) is 1. The van der Waals surface area contributed by atoms with Crippen LogP contribution in [0.15, 0.2) is 22.5 Å². The molecule has 1 heterocycles. The van der Waals surface area contributed by atoms with Crippen LogP contribution in [0.1, 0.15) is 25.6 Å². The molecule has 1 aromatic heterocycles. The van der Waals surface area contributed by atoms with Gasteiger partial charge in [-0.25, -0.2) is 0 Å². The first-order valence-corrected chi connectivity index (χ1v) is 6.67. The van der Waals surface area contributed by atoms with Crippen molar-refractivity contribution >= 4 is 17.3 Å². The molecule has 0 spiro atoms. The first-order valence-electron chi connectivity index (χ1n) is 5.79. The second-order valence-corrected chi connectivity index (χ2v) is 4.92. The van der Waals surface area contributed by atoms with Crippen LogP contribution >= 0.6 is 11.3 Å². The summed E-state index contributed by atoms with van der Waals surface area (Å²) in [5.74, 6) is 0.911. The predicted molar refractivity (Wildman–Crippen MR) is 72.3 cm³/mol. The summed E-state index contributed by atoms with van der Waals surface area (Å²) in [6.45, 7) is 8.05. The molecule has 0 aliphatic rings. The molecule has 0 aromatic carbocycles. The van der Waals surface area contributed by atoms with Crippen molar-refractivity contribution in [2.75, 3.05) is 13.1 Å². The second-order valence-electron chi connectivity index (χ2n) is 3.89. The minimum Gasteiger partial charge on any atom is -0.357 e. The van der Waals surface area contributed by atoms with Gasteiger partial charge in [0.25, 0.3) is 0 Å². The van der Waals surface area contributed by atoms with E-state index in [9.17, 15) is 0 Å². The lowest BCUT2D eigenvalue weighted by molar-refractivity contribution is 0.700. The van der Waals surface area contributed by atoms with Crippen molar-refractivity contribution in [1.82, 2.24) is 10.6 Å². The third-order valence-corrected chi connectivity index (χ3v) is 2.91. The van der Waals surface area contributed by atoms with E-state index in [1.54, 1.807) is 11.3 Å². The molecule has 3 nitrogen and oxygen atoms in total. The molecular formula is C12H21N3S. The van der Waals surface area contributed by atoms with Gasteiger partial charge in [-0.1, -0.05) is 6.07 Å². The van der Waals surface area contributed by atoms with Gasteiger partial charge in [-0.3, -0.25) is 4.99 Å². The van der Waals surface area contributed by atoms with Gasteiger partial charge in [0.1, 0.15) is 0 Å². The van der Waals surface area contributed by atoms with Gasteiger partial charge in [0.2, 0.25) is 0 Å². The lowest BCUT2D eigenvalue weighted by Gasteiger charge is -2.13. The molecule has 0 bridgehead atoms. The summed E-state index contributed by atoms with van der Waals surface area (Å²) >= 11 is 1.79. The fraction of sp³-hybridized carbons (Fsp3) is 0.583. The summed E-state index contributed by atoms with van der Waals surface area (Å²) in [7, 11) is 0. The van der Waals surface area contributed by atoms with Gasteiger partial charge in [0.05, 0.1) is 0 Å². The lowest BCUT2D eigenvalue weighted by atomic mass is 10.3. The highest BCUT2D eigenvalue weighted by Gasteiger charge is 1.99. The maximum Gasteiger partial charge on any atom is 0.191 e. The summed E-state index contributed by atoms with van der Waals surface area (Å²) in [4.78, 5) is 5.92. The Labute approximate surface area is 102 Å². The summed E-state index contributed by atoms with van der Waals surface area (Å²) in [5, 5.41) is 8.65. The van der Waals surface area contributed by atoms with E-state index < -0.39 is 0 Å². The molecule has 0 radical (unpaired) electrons. The molecule has 1 rings (SSSR count). The zero-order valence-corrected chi connectivity index (χ0v) is 11.1. The van der Waals surface area contributed by atoms with Gasteiger partial charge in [-0.05, 0) is 32.2 Å². The van der Waals surface area contributed by atoms with Gasteiger partial charge >= 0.3 is 0 Å². The SMILES string of the molecule is CCNC(=NCCc1cccs1)NC(C)C. The number of rotatable bonds is 5. The molecular weight excluding hydrogens is 218 g/mol. The molecule has 0 amide bonds. The molecule has 0 aliphatic heterocycles. The average Bonchev–Trinajstić information content (AvgIpc) is 2.70. The van der Waals surface area contributed by atoms with Gasteiger partial charge in [0, 0.05) is 30.4 Å². The highest BCUT2D eigenvalue weighted by molar-refractivity contribution is 7.09. The van der Waals surface area contributed by atoms with Crippen LogP contribution in [-0.2, 0) is 6.42 Å². The minimum absolute atomic E-state index is 0.416. The third-order valence-electron chi connectivity index (χ3n) is 1.98. The molecule has 4 heteroatoms. The molecule has 1 aromatic rings. The van der Waals surface area contributed by atoms with Crippen LogP contribution in [0.3, 0.4) is 0 Å². The smallest absolute Gasteiger partial charge is 0.191 e. The van der Waals surface area contributed by atoms with Gasteiger partial charge in [-0.2, -0.15) is 0 Å². The molecule has 0 aliphatic carbocycles. The van der Waals surface area contributed by atoms with Crippen LogP contribution in [0.5, 0.6) is 0 Å². The topological polar surface area (TPSA) is 36.4 Å². The Hall–Kier alpha value is -1.03. The Morgan fingerprint density at radius 2 is 2.31 bits per heavy atom. The molecule has 2 N–H and O–H groups in total. The van der Waals surface area contributed by atoms with E-state index in [1.165, 1.54) is 4.88 Å². The maximum atomic E-state index is 4.53. The van der Waals surface area contributed by atoms with Crippen molar-refractivity contribution in [1.29, 1.82) is 0 Å². The van der Waals surface area contributed by atoms with Gasteiger partial charge in [0.15, 0.2) is 5.96 Å². The third kappa shape index (κ3) is 5.16. The Morgan fingerprint density at radius 3 is 2.88 bits per heavy atom. The van der Waals surface area contributed by atoms with Crippen LogP contribution in [-0.4, -0.2) is 25.1 Å². The largest absolute Gasteiger partial charge is 0.357 e. The summed E-state index contributed by atoms with van der Waals surface area (Å²) < 4.78 is 0. The van der Waals surface area contributed by atoms with E-state index in [1.807, 2.05) is 0 Å². The van der Waals surface area contributed by atoms with Crippen molar-refractivity contribution in [3.8, 4) is 0 Å². The van der Waals surface area contributed by atoms with Crippen molar-refractivity contribution < 1.29 is 0 Å². The predicted octanol–water partition coefficient (Wildman–Crippen LogP) is 2.25. The van der Waals surface area contributed by atoms with Crippen molar-refractivity contribution in [2.45, 2.75) is 33.2 Å². The summed E-state index contributed by atoms with van der Waals surface area (Å²) in [6.07, 6.45) is 1.02. The lowest BCUT2D eigenvalue weighted by Crippen LogP contribution is -2.41. The van der Waals surface area contributed by atoms with E-state index in [2.05, 4.69) is 53.9 Å². The van der Waals surface area contributed by atoms with Gasteiger partial charge in [-0.15, -0.1) is 11.3 Å². The Morgan fingerprint density at radius 1 is 1.50 bits per heavy atom. The first-order chi connectivity index (χ1) is 7.72. The molecule has 90 valence electrons. The Kier molecular flexibility index (Phi) is 5.93. The highest BCUT2D eigenvalue weighted by Crippen LogP contribution is 2.08.